The van der Waals surface area contributed by atoms with Crippen molar-refractivity contribution in [1.82, 2.24) is 10.2 Å². The molecule has 2 amide bonds. The van der Waals surface area contributed by atoms with Gasteiger partial charge >= 0.3 is 0 Å². The van der Waals surface area contributed by atoms with Gasteiger partial charge < -0.3 is 29.5 Å². The highest BCUT2D eigenvalue weighted by Gasteiger charge is 2.22. The number of phenols is 1. The summed E-state index contributed by atoms with van der Waals surface area (Å²) in [5.74, 6) is 0.0572. The minimum Gasteiger partial charge on any atom is -0.507 e. The molecule has 0 atom stereocenters. The van der Waals surface area contributed by atoms with Crippen LogP contribution in [0.25, 0.3) is 0 Å². The Hall–Kier alpha value is -4.01. The van der Waals surface area contributed by atoms with Gasteiger partial charge in [-0.3, -0.25) is 14.4 Å². The van der Waals surface area contributed by atoms with Crippen molar-refractivity contribution in [3.05, 3.63) is 59.7 Å². The number of phenolic OH excluding ortho intramolecular Hbond substituents is 1. The number of carbonyl (C=O) groups is 3. The van der Waals surface area contributed by atoms with Crippen LogP contribution in [-0.4, -0.2) is 54.1 Å². The van der Waals surface area contributed by atoms with E-state index in [1.54, 1.807) is 24.3 Å². The van der Waals surface area contributed by atoms with Crippen LogP contribution in [0.4, 0.5) is 0 Å². The quantitative estimate of drug-likeness (QED) is 0.406. The average Bonchev–Trinajstić information content (AvgIpc) is 3.35. The first kappa shape index (κ1) is 25.1. The molecule has 0 aromatic heterocycles. The largest absolute Gasteiger partial charge is 0.507 e. The molecule has 0 radical (unpaired) electrons. The monoisotopic (exact) mass is 494 g/mol. The molecule has 2 aromatic carbocycles. The minimum atomic E-state index is -0.543. The van der Waals surface area contributed by atoms with Crippen molar-refractivity contribution in [3.8, 4) is 23.0 Å². The second-order valence-corrected chi connectivity index (χ2v) is 8.87. The number of fused-ring (bicyclic) bond motifs is 1. The summed E-state index contributed by atoms with van der Waals surface area (Å²) in [6.45, 7) is 0.115. The van der Waals surface area contributed by atoms with Crippen LogP contribution in [0.1, 0.15) is 48.0 Å². The number of aromatic hydroxyl groups is 1. The molecule has 9 nitrogen and oxygen atoms in total. The number of ketones is 1. The van der Waals surface area contributed by atoms with Crippen LogP contribution in [0.2, 0.25) is 0 Å². The highest BCUT2D eigenvalue weighted by atomic mass is 16.7. The van der Waals surface area contributed by atoms with E-state index in [1.165, 1.54) is 30.6 Å². The number of methoxy groups -OCH3 is 1. The fourth-order valence-electron chi connectivity index (χ4n) is 4.35. The normalized spacial score (nSPS) is 15.0. The molecule has 1 saturated carbocycles. The number of nitrogens with one attached hydrogen (secondary N) is 1. The maximum Gasteiger partial charge on any atom is 0.247 e. The van der Waals surface area contributed by atoms with Crippen LogP contribution in [0, 0.1) is 0 Å². The summed E-state index contributed by atoms with van der Waals surface area (Å²) in [5.41, 5.74) is 0.794. The summed E-state index contributed by atoms with van der Waals surface area (Å²) in [7, 11) is 1.45. The maximum absolute atomic E-state index is 13.1. The predicted molar refractivity (Wildman–Crippen MR) is 131 cm³/mol. The molecule has 1 aliphatic heterocycles. The van der Waals surface area contributed by atoms with Crippen molar-refractivity contribution < 1.29 is 33.7 Å². The number of rotatable bonds is 9. The van der Waals surface area contributed by atoms with Crippen molar-refractivity contribution in [2.75, 3.05) is 20.4 Å². The number of carbonyl (C=O) groups excluding carboxylic acids is 3. The van der Waals surface area contributed by atoms with Gasteiger partial charge in [0.1, 0.15) is 18.0 Å². The fourth-order valence-corrected chi connectivity index (χ4v) is 4.35. The van der Waals surface area contributed by atoms with E-state index in [9.17, 15) is 19.5 Å². The highest BCUT2D eigenvalue weighted by Crippen LogP contribution is 2.33. The number of allylic oxidation sites excluding steroid dienone is 1. The second kappa shape index (κ2) is 11.6. The van der Waals surface area contributed by atoms with Gasteiger partial charge in [-0.25, -0.2) is 0 Å². The molecule has 0 bridgehead atoms. The van der Waals surface area contributed by atoms with E-state index in [0.29, 0.717) is 17.2 Å². The Morgan fingerprint density at radius 3 is 2.58 bits per heavy atom. The number of nitrogens with zero attached hydrogens (tertiary/aromatic N) is 1. The number of amides is 2. The zero-order valence-electron chi connectivity index (χ0n) is 20.2. The second-order valence-electron chi connectivity index (χ2n) is 8.87. The smallest absolute Gasteiger partial charge is 0.247 e. The van der Waals surface area contributed by atoms with Crippen LogP contribution < -0.4 is 19.5 Å². The van der Waals surface area contributed by atoms with E-state index in [0.717, 1.165) is 43.4 Å². The topological polar surface area (TPSA) is 114 Å². The van der Waals surface area contributed by atoms with Gasteiger partial charge in [0.15, 0.2) is 17.3 Å². The summed E-state index contributed by atoms with van der Waals surface area (Å²) in [6, 6.07) is 9.74. The Labute approximate surface area is 209 Å². The molecule has 9 heteroatoms. The molecule has 0 spiro atoms. The Kier molecular flexibility index (Phi) is 8.10. The van der Waals surface area contributed by atoms with Gasteiger partial charge in [0, 0.05) is 24.7 Å². The van der Waals surface area contributed by atoms with Gasteiger partial charge in [-0.15, -0.1) is 0 Å². The Bertz CT molecular complexity index is 1150. The first-order chi connectivity index (χ1) is 17.4. The van der Waals surface area contributed by atoms with Crippen LogP contribution >= 0.6 is 0 Å². The SMILES string of the molecule is COc1ccc(C(=O)C=CC(=O)N(CC(=O)NC2CCCCC2)Cc2ccc3c(c2)OCO3)c(O)c1. The van der Waals surface area contributed by atoms with Crippen molar-refractivity contribution in [1.29, 1.82) is 0 Å². The third-order valence-electron chi connectivity index (χ3n) is 6.27. The summed E-state index contributed by atoms with van der Waals surface area (Å²) >= 11 is 0. The first-order valence-electron chi connectivity index (χ1n) is 12.0. The van der Waals surface area contributed by atoms with Crippen LogP contribution in [-0.2, 0) is 16.1 Å². The van der Waals surface area contributed by atoms with Gasteiger partial charge in [0.25, 0.3) is 0 Å². The molecule has 1 aliphatic carbocycles. The van der Waals surface area contributed by atoms with Crippen LogP contribution in [0.15, 0.2) is 48.6 Å². The van der Waals surface area contributed by atoms with E-state index in [-0.39, 0.29) is 43.1 Å². The lowest BCUT2D eigenvalue weighted by Crippen LogP contribution is -2.44. The molecular weight excluding hydrogens is 464 g/mol. The number of benzene rings is 2. The van der Waals surface area contributed by atoms with Gasteiger partial charge in [0.05, 0.1) is 12.7 Å². The number of hydrogen-bond donors (Lipinski definition) is 2. The van der Waals surface area contributed by atoms with E-state index < -0.39 is 11.7 Å². The number of ether oxygens (including phenoxy) is 3. The van der Waals surface area contributed by atoms with Crippen molar-refractivity contribution >= 4 is 17.6 Å². The summed E-state index contributed by atoms with van der Waals surface area (Å²) in [6.07, 6.45) is 7.40. The van der Waals surface area contributed by atoms with Gasteiger partial charge in [-0.2, -0.15) is 0 Å². The van der Waals surface area contributed by atoms with Gasteiger partial charge in [0.2, 0.25) is 18.6 Å². The third-order valence-corrected chi connectivity index (χ3v) is 6.27. The lowest BCUT2D eigenvalue weighted by atomic mass is 9.95. The summed E-state index contributed by atoms with van der Waals surface area (Å²) in [5, 5.41) is 13.1. The standard InChI is InChI=1S/C27H30N2O7/c1-34-20-8-9-21(23(31)14-20)22(30)10-12-27(33)29(16-26(32)28-19-5-3-2-4-6-19)15-18-7-11-24-25(13-18)36-17-35-24/h7-14,19,31H,2-6,15-17H2,1H3,(H,28,32). The zero-order chi connectivity index (χ0) is 25.5. The van der Waals surface area contributed by atoms with E-state index in [1.807, 2.05) is 0 Å². The van der Waals surface area contributed by atoms with E-state index in [2.05, 4.69) is 5.32 Å². The van der Waals surface area contributed by atoms with Gasteiger partial charge in [-0.05, 0) is 48.7 Å². The molecule has 1 fully saturated rings. The van der Waals surface area contributed by atoms with Crippen molar-refractivity contribution in [2.45, 2.75) is 44.7 Å². The average molecular weight is 495 g/mol. The molecule has 190 valence electrons. The zero-order valence-corrected chi connectivity index (χ0v) is 20.2. The Morgan fingerprint density at radius 1 is 1.06 bits per heavy atom. The van der Waals surface area contributed by atoms with E-state index in [4.69, 9.17) is 14.2 Å². The lowest BCUT2D eigenvalue weighted by molar-refractivity contribution is -0.133. The predicted octanol–water partition coefficient (Wildman–Crippen LogP) is 3.35. The third kappa shape index (κ3) is 6.35. The van der Waals surface area contributed by atoms with Crippen LogP contribution in [0.3, 0.4) is 0 Å². The molecule has 1 heterocycles. The van der Waals surface area contributed by atoms with E-state index >= 15 is 0 Å². The summed E-state index contributed by atoms with van der Waals surface area (Å²) < 4.78 is 15.8. The van der Waals surface area contributed by atoms with Crippen molar-refractivity contribution in [3.63, 3.8) is 0 Å². The highest BCUT2D eigenvalue weighted by molar-refractivity contribution is 6.09. The molecule has 0 unspecified atom stereocenters. The molecule has 36 heavy (non-hydrogen) atoms. The maximum atomic E-state index is 13.1. The minimum absolute atomic E-state index is 0.0391. The van der Waals surface area contributed by atoms with Crippen LogP contribution in [0.5, 0.6) is 23.0 Å². The molecule has 2 aromatic rings. The summed E-state index contributed by atoms with van der Waals surface area (Å²) in [4.78, 5) is 39.8. The Balaban J connectivity index is 1.47. The molecule has 0 saturated heterocycles. The molecular formula is C27H30N2O7. The molecule has 4 rings (SSSR count). The molecule has 2 N–H and O–H groups in total. The van der Waals surface area contributed by atoms with Gasteiger partial charge in [-0.1, -0.05) is 25.3 Å². The fraction of sp³-hybridized carbons (Fsp3) is 0.370. The van der Waals surface area contributed by atoms with Crippen molar-refractivity contribution in [2.24, 2.45) is 0 Å². The molecule has 2 aliphatic rings. The Morgan fingerprint density at radius 2 is 1.83 bits per heavy atom. The first-order valence-corrected chi connectivity index (χ1v) is 12.0. The lowest BCUT2D eigenvalue weighted by Gasteiger charge is -2.26. The number of hydrogen-bond acceptors (Lipinski definition) is 7.